The number of imidazole rings is 1. The quantitative estimate of drug-likeness (QED) is 0.824. The Balaban J connectivity index is 2.15. The summed E-state index contributed by atoms with van der Waals surface area (Å²) in [7, 11) is 2.20. The lowest BCUT2D eigenvalue weighted by Gasteiger charge is -2.29. The molecule has 0 atom stereocenters. The maximum Gasteiger partial charge on any atom is 0.177 e. The first-order chi connectivity index (χ1) is 7.22. The normalized spacial score (nSPS) is 19.7. The van der Waals surface area contributed by atoms with Gasteiger partial charge in [-0.05, 0) is 55.8 Å². The molecule has 0 aliphatic carbocycles. The highest BCUT2D eigenvalue weighted by Crippen LogP contribution is 2.29. The van der Waals surface area contributed by atoms with E-state index in [9.17, 15) is 0 Å². The molecule has 0 aromatic carbocycles. The van der Waals surface area contributed by atoms with Crippen molar-refractivity contribution in [1.29, 1.82) is 0 Å². The van der Waals surface area contributed by atoms with Crippen molar-refractivity contribution < 1.29 is 0 Å². The number of aromatic nitrogens is 2. The summed E-state index contributed by atoms with van der Waals surface area (Å²) in [6.45, 7) is 5.58. The number of halogens is 1. The Morgan fingerprint density at radius 1 is 1.47 bits per heavy atom. The van der Waals surface area contributed by atoms with Gasteiger partial charge in [-0.25, -0.2) is 4.98 Å². The minimum absolute atomic E-state index is 0.694. The Kier molecular flexibility index (Phi) is 3.46. The summed E-state index contributed by atoms with van der Waals surface area (Å²) in [4.78, 5) is 6.75. The highest BCUT2D eigenvalue weighted by molar-refractivity contribution is 9.10. The van der Waals surface area contributed by atoms with Gasteiger partial charge in [-0.15, -0.1) is 0 Å². The highest BCUT2D eigenvalue weighted by atomic mass is 79.9. The van der Waals surface area contributed by atoms with Gasteiger partial charge < -0.3 is 9.47 Å². The van der Waals surface area contributed by atoms with Crippen molar-refractivity contribution in [2.75, 3.05) is 20.1 Å². The first-order valence-corrected chi connectivity index (χ1v) is 6.41. The summed E-state index contributed by atoms with van der Waals surface area (Å²) in [5, 5.41) is 0. The number of piperidine rings is 1. The van der Waals surface area contributed by atoms with Crippen molar-refractivity contribution in [2.24, 2.45) is 0 Å². The van der Waals surface area contributed by atoms with Gasteiger partial charge in [0.2, 0.25) is 0 Å². The Labute approximate surface area is 99.6 Å². The molecule has 1 aliphatic heterocycles. The molecule has 2 rings (SSSR count). The zero-order chi connectivity index (χ0) is 10.8. The van der Waals surface area contributed by atoms with Crippen molar-refractivity contribution >= 4 is 15.9 Å². The molecule has 0 amide bonds. The van der Waals surface area contributed by atoms with Gasteiger partial charge in [0.25, 0.3) is 0 Å². The maximum absolute atomic E-state index is 4.35. The Morgan fingerprint density at radius 3 is 2.73 bits per heavy atom. The largest absolute Gasteiger partial charge is 0.323 e. The second-order valence-electron chi connectivity index (χ2n) is 4.27. The lowest BCUT2D eigenvalue weighted by molar-refractivity contribution is 0.251. The molecule has 2 heterocycles. The van der Waals surface area contributed by atoms with Crippen LogP contribution in [0.1, 0.15) is 31.4 Å². The van der Waals surface area contributed by atoms with Crippen LogP contribution in [0, 0.1) is 0 Å². The van der Waals surface area contributed by atoms with E-state index in [0.717, 1.165) is 11.3 Å². The van der Waals surface area contributed by atoms with Crippen LogP contribution in [0.4, 0.5) is 0 Å². The van der Waals surface area contributed by atoms with Gasteiger partial charge in [-0.3, -0.25) is 0 Å². The molecule has 0 N–H and O–H groups in total. The topological polar surface area (TPSA) is 21.1 Å². The van der Waals surface area contributed by atoms with Crippen LogP contribution in [0.3, 0.4) is 0 Å². The monoisotopic (exact) mass is 271 g/mol. The molecule has 1 aromatic heterocycles. The summed E-state index contributed by atoms with van der Waals surface area (Å²) in [6.07, 6.45) is 4.55. The second kappa shape index (κ2) is 4.66. The van der Waals surface area contributed by atoms with Crippen molar-refractivity contribution in [3.63, 3.8) is 0 Å². The van der Waals surface area contributed by atoms with Crippen LogP contribution in [-0.4, -0.2) is 34.6 Å². The fraction of sp³-hybridized carbons (Fsp3) is 0.727. The molecule has 0 bridgehead atoms. The second-order valence-corrected chi connectivity index (χ2v) is 4.98. The van der Waals surface area contributed by atoms with Gasteiger partial charge in [-0.1, -0.05) is 0 Å². The molecule has 1 fully saturated rings. The maximum atomic E-state index is 4.35. The standard InChI is InChI=1S/C11H18BrN3/c1-3-15-10(8-13-11(15)12)9-4-6-14(2)7-5-9/h8-9H,3-7H2,1-2H3. The number of likely N-dealkylation sites (tertiary alicyclic amines) is 1. The third-order valence-corrected chi connectivity index (χ3v) is 3.92. The van der Waals surface area contributed by atoms with Gasteiger partial charge in [0, 0.05) is 24.4 Å². The first-order valence-electron chi connectivity index (χ1n) is 5.61. The average Bonchev–Trinajstić information content (AvgIpc) is 2.61. The van der Waals surface area contributed by atoms with E-state index in [1.54, 1.807) is 0 Å². The summed E-state index contributed by atoms with van der Waals surface area (Å²) in [5.41, 5.74) is 1.40. The van der Waals surface area contributed by atoms with Crippen LogP contribution < -0.4 is 0 Å². The van der Waals surface area contributed by atoms with E-state index in [1.807, 2.05) is 6.20 Å². The lowest BCUT2D eigenvalue weighted by atomic mass is 9.94. The number of hydrogen-bond acceptors (Lipinski definition) is 2. The summed E-state index contributed by atoms with van der Waals surface area (Å²) >= 11 is 3.50. The number of hydrogen-bond donors (Lipinski definition) is 0. The highest BCUT2D eigenvalue weighted by Gasteiger charge is 2.22. The molecule has 1 saturated heterocycles. The Hall–Kier alpha value is -0.350. The lowest BCUT2D eigenvalue weighted by Crippen LogP contribution is -2.30. The van der Waals surface area contributed by atoms with Gasteiger partial charge in [0.15, 0.2) is 4.73 Å². The molecule has 1 aromatic rings. The predicted octanol–water partition coefficient (Wildman–Crippen LogP) is 2.47. The van der Waals surface area contributed by atoms with E-state index in [-0.39, 0.29) is 0 Å². The van der Waals surface area contributed by atoms with Crippen LogP contribution in [0.15, 0.2) is 10.9 Å². The third-order valence-electron chi connectivity index (χ3n) is 3.29. The predicted molar refractivity (Wildman–Crippen MR) is 65.1 cm³/mol. The molecule has 0 radical (unpaired) electrons. The molecule has 4 heteroatoms. The zero-order valence-electron chi connectivity index (χ0n) is 9.41. The summed E-state index contributed by atoms with van der Waals surface area (Å²) < 4.78 is 3.25. The van der Waals surface area contributed by atoms with Gasteiger partial charge in [0.05, 0.1) is 0 Å². The SMILES string of the molecule is CCn1c(C2CCN(C)CC2)cnc1Br. The molecule has 84 valence electrons. The summed E-state index contributed by atoms with van der Waals surface area (Å²) in [5.74, 6) is 0.694. The van der Waals surface area contributed by atoms with Gasteiger partial charge in [0.1, 0.15) is 0 Å². The van der Waals surface area contributed by atoms with Crippen LogP contribution in [0.25, 0.3) is 0 Å². The summed E-state index contributed by atoms with van der Waals surface area (Å²) in [6, 6.07) is 0. The molecule has 0 unspecified atom stereocenters. The van der Waals surface area contributed by atoms with Crippen molar-refractivity contribution in [2.45, 2.75) is 32.2 Å². The van der Waals surface area contributed by atoms with E-state index >= 15 is 0 Å². The average molecular weight is 272 g/mol. The smallest absolute Gasteiger partial charge is 0.177 e. The molecule has 0 saturated carbocycles. The number of nitrogens with zero attached hydrogens (tertiary/aromatic N) is 3. The van der Waals surface area contributed by atoms with E-state index in [0.29, 0.717) is 5.92 Å². The van der Waals surface area contributed by atoms with E-state index in [4.69, 9.17) is 0 Å². The minimum atomic E-state index is 0.694. The number of rotatable bonds is 2. The molecule has 0 spiro atoms. The van der Waals surface area contributed by atoms with Crippen LogP contribution in [0.2, 0.25) is 0 Å². The van der Waals surface area contributed by atoms with E-state index < -0.39 is 0 Å². The van der Waals surface area contributed by atoms with Crippen LogP contribution in [0.5, 0.6) is 0 Å². The fourth-order valence-electron chi connectivity index (χ4n) is 2.31. The van der Waals surface area contributed by atoms with Crippen LogP contribution in [-0.2, 0) is 6.54 Å². The van der Waals surface area contributed by atoms with Crippen molar-refractivity contribution in [1.82, 2.24) is 14.5 Å². The molecule has 1 aliphatic rings. The Bertz CT molecular complexity index is 327. The van der Waals surface area contributed by atoms with E-state index in [2.05, 4.69) is 44.4 Å². The first kappa shape index (κ1) is 11.1. The van der Waals surface area contributed by atoms with E-state index in [1.165, 1.54) is 31.6 Å². The van der Waals surface area contributed by atoms with Crippen LogP contribution >= 0.6 is 15.9 Å². The fourth-order valence-corrected chi connectivity index (χ4v) is 2.87. The third kappa shape index (κ3) is 2.26. The van der Waals surface area contributed by atoms with Gasteiger partial charge in [-0.2, -0.15) is 0 Å². The molecular formula is C11H18BrN3. The minimum Gasteiger partial charge on any atom is -0.323 e. The molecule has 15 heavy (non-hydrogen) atoms. The van der Waals surface area contributed by atoms with Crippen molar-refractivity contribution in [3.8, 4) is 0 Å². The zero-order valence-corrected chi connectivity index (χ0v) is 11.0. The van der Waals surface area contributed by atoms with Crippen molar-refractivity contribution in [3.05, 3.63) is 16.6 Å². The molecule has 3 nitrogen and oxygen atoms in total. The Morgan fingerprint density at radius 2 is 2.13 bits per heavy atom. The van der Waals surface area contributed by atoms with Gasteiger partial charge >= 0.3 is 0 Å². The molecular weight excluding hydrogens is 254 g/mol.